The van der Waals surface area contributed by atoms with E-state index in [4.69, 9.17) is 5.11 Å². The molecule has 0 bridgehead atoms. The van der Waals surface area contributed by atoms with Crippen LogP contribution in [0.25, 0.3) is 0 Å². The summed E-state index contributed by atoms with van der Waals surface area (Å²) in [7, 11) is -3.64. The SMILES string of the molecule is CCCC1(O)CN(S(=O)(=O)N2CCCC(C(=O)O)C2)C1. The molecular formula is C12H22N2O5S. The van der Waals surface area contributed by atoms with E-state index in [0.29, 0.717) is 25.8 Å². The summed E-state index contributed by atoms with van der Waals surface area (Å²) < 4.78 is 27.2. The largest absolute Gasteiger partial charge is 0.481 e. The molecule has 0 saturated carbocycles. The lowest BCUT2D eigenvalue weighted by molar-refractivity contribution is -0.143. The zero-order valence-electron chi connectivity index (χ0n) is 11.7. The van der Waals surface area contributed by atoms with E-state index >= 15 is 0 Å². The lowest BCUT2D eigenvalue weighted by Crippen LogP contribution is -2.66. The van der Waals surface area contributed by atoms with Crippen molar-refractivity contribution < 1.29 is 23.4 Å². The first-order valence-electron chi connectivity index (χ1n) is 6.99. The van der Waals surface area contributed by atoms with Crippen LogP contribution in [0, 0.1) is 5.92 Å². The molecule has 2 fully saturated rings. The third-order valence-corrected chi connectivity index (χ3v) is 5.94. The second-order valence-electron chi connectivity index (χ2n) is 5.79. The molecule has 2 saturated heterocycles. The molecule has 0 radical (unpaired) electrons. The van der Waals surface area contributed by atoms with Gasteiger partial charge in [-0.25, -0.2) is 0 Å². The van der Waals surface area contributed by atoms with Crippen molar-refractivity contribution in [3.8, 4) is 0 Å². The van der Waals surface area contributed by atoms with Gasteiger partial charge in [0.05, 0.1) is 11.5 Å². The Kier molecular flexibility index (Phi) is 4.38. The van der Waals surface area contributed by atoms with E-state index < -0.39 is 27.7 Å². The smallest absolute Gasteiger partial charge is 0.307 e. The average Bonchev–Trinajstić information content (AvgIpc) is 2.36. The van der Waals surface area contributed by atoms with Gasteiger partial charge >= 0.3 is 5.97 Å². The summed E-state index contributed by atoms with van der Waals surface area (Å²) in [6.07, 6.45) is 2.45. The van der Waals surface area contributed by atoms with E-state index in [9.17, 15) is 18.3 Å². The lowest BCUT2D eigenvalue weighted by Gasteiger charge is -2.47. The van der Waals surface area contributed by atoms with Gasteiger partial charge in [-0.15, -0.1) is 0 Å². The molecule has 1 unspecified atom stereocenters. The number of carboxylic acids is 1. The van der Waals surface area contributed by atoms with E-state index in [0.717, 1.165) is 6.42 Å². The number of rotatable bonds is 5. The van der Waals surface area contributed by atoms with Gasteiger partial charge in [0.1, 0.15) is 0 Å². The standard InChI is InChI=1S/C12H22N2O5S/c1-2-5-12(17)8-14(9-12)20(18,19)13-6-3-4-10(7-13)11(15)16/h10,17H,2-9H2,1H3,(H,15,16). The van der Waals surface area contributed by atoms with Crippen LogP contribution in [-0.2, 0) is 15.0 Å². The van der Waals surface area contributed by atoms with Gasteiger partial charge in [0.25, 0.3) is 10.2 Å². The molecule has 2 aliphatic heterocycles. The van der Waals surface area contributed by atoms with Crippen LogP contribution in [0.5, 0.6) is 0 Å². The van der Waals surface area contributed by atoms with Crippen molar-refractivity contribution in [3.63, 3.8) is 0 Å². The van der Waals surface area contributed by atoms with Gasteiger partial charge in [-0.05, 0) is 19.3 Å². The minimum atomic E-state index is -3.64. The Morgan fingerprint density at radius 1 is 1.35 bits per heavy atom. The van der Waals surface area contributed by atoms with Crippen molar-refractivity contribution in [1.29, 1.82) is 0 Å². The molecule has 0 amide bonds. The third-order valence-electron chi connectivity index (χ3n) is 4.04. The second-order valence-corrected chi connectivity index (χ2v) is 7.71. The van der Waals surface area contributed by atoms with E-state index in [-0.39, 0.29) is 19.6 Å². The van der Waals surface area contributed by atoms with Crippen LogP contribution in [0.3, 0.4) is 0 Å². The number of carboxylic acid groups (broad SMARTS) is 1. The summed E-state index contributed by atoms with van der Waals surface area (Å²) in [6, 6.07) is 0. The molecule has 2 rings (SSSR count). The van der Waals surface area contributed by atoms with Crippen LogP contribution in [0.15, 0.2) is 0 Å². The molecule has 0 spiro atoms. The first kappa shape index (κ1) is 15.7. The number of carbonyl (C=O) groups is 1. The zero-order chi connectivity index (χ0) is 15.0. The highest BCUT2D eigenvalue weighted by molar-refractivity contribution is 7.86. The highest BCUT2D eigenvalue weighted by Crippen LogP contribution is 2.31. The molecular weight excluding hydrogens is 284 g/mol. The van der Waals surface area contributed by atoms with Gasteiger partial charge in [-0.2, -0.15) is 17.0 Å². The lowest BCUT2D eigenvalue weighted by atomic mass is 9.92. The maximum atomic E-state index is 12.4. The number of β-amino-alcohol motifs (C(OH)–C–C–N with tert-alkyl or cyclic N) is 1. The Hall–Kier alpha value is -0.700. The van der Waals surface area contributed by atoms with Crippen LogP contribution >= 0.6 is 0 Å². The topological polar surface area (TPSA) is 98.2 Å². The third kappa shape index (κ3) is 2.98. The number of aliphatic hydroxyl groups is 1. The van der Waals surface area contributed by atoms with Gasteiger partial charge in [0.2, 0.25) is 0 Å². The number of hydrogen-bond donors (Lipinski definition) is 2. The van der Waals surface area contributed by atoms with Crippen molar-refractivity contribution in [2.45, 2.75) is 38.2 Å². The van der Waals surface area contributed by atoms with E-state index in [1.54, 1.807) is 0 Å². The summed E-state index contributed by atoms with van der Waals surface area (Å²) in [6.45, 7) is 2.54. The summed E-state index contributed by atoms with van der Waals surface area (Å²) in [5.41, 5.74) is -0.913. The Labute approximate surface area is 119 Å². The fraction of sp³-hybridized carbons (Fsp3) is 0.917. The highest BCUT2D eigenvalue weighted by Gasteiger charge is 2.48. The number of hydrogen-bond acceptors (Lipinski definition) is 4. The van der Waals surface area contributed by atoms with Crippen LogP contribution in [0.1, 0.15) is 32.6 Å². The van der Waals surface area contributed by atoms with Crippen LogP contribution in [0.2, 0.25) is 0 Å². The van der Waals surface area contributed by atoms with Crippen molar-refractivity contribution in [2.24, 2.45) is 5.92 Å². The monoisotopic (exact) mass is 306 g/mol. The Balaban J connectivity index is 1.99. The average molecular weight is 306 g/mol. The Morgan fingerprint density at radius 2 is 2.00 bits per heavy atom. The molecule has 0 aromatic heterocycles. The highest BCUT2D eigenvalue weighted by atomic mass is 32.2. The molecule has 0 aromatic carbocycles. The maximum Gasteiger partial charge on any atom is 0.307 e. The molecule has 2 N–H and O–H groups in total. The quantitative estimate of drug-likeness (QED) is 0.737. The summed E-state index contributed by atoms with van der Waals surface area (Å²) in [5.74, 6) is -1.58. The van der Waals surface area contributed by atoms with E-state index in [1.807, 2.05) is 6.92 Å². The van der Waals surface area contributed by atoms with Gasteiger partial charge in [0.15, 0.2) is 0 Å². The molecule has 2 heterocycles. The van der Waals surface area contributed by atoms with Crippen molar-refractivity contribution in [2.75, 3.05) is 26.2 Å². The van der Waals surface area contributed by atoms with Crippen molar-refractivity contribution >= 4 is 16.2 Å². The summed E-state index contributed by atoms with van der Waals surface area (Å²) >= 11 is 0. The van der Waals surface area contributed by atoms with Gasteiger partial charge in [0, 0.05) is 26.2 Å². The predicted octanol–water partition coefficient (Wildman–Crippen LogP) is -0.125. The van der Waals surface area contributed by atoms with Gasteiger partial charge in [-0.3, -0.25) is 4.79 Å². The molecule has 1 atom stereocenters. The second kappa shape index (κ2) is 5.59. The fourth-order valence-corrected chi connectivity index (χ4v) is 4.78. The number of aliphatic carboxylic acids is 1. The first-order chi connectivity index (χ1) is 9.28. The fourth-order valence-electron chi connectivity index (χ4n) is 2.91. The molecule has 0 aliphatic carbocycles. The van der Waals surface area contributed by atoms with Crippen molar-refractivity contribution in [1.82, 2.24) is 8.61 Å². The summed E-state index contributed by atoms with van der Waals surface area (Å²) in [4.78, 5) is 11.0. The predicted molar refractivity (Wildman–Crippen MR) is 72.3 cm³/mol. The Bertz CT molecular complexity index is 472. The van der Waals surface area contributed by atoms with E-state index in [1.165, 1.54) is 8.61 Å². The van der Waals surface area contributed by atoms with Gasteiger partial charge in [-0.1, -0.05) is 13.3 Å². The van der Waals surface area contributed by atoms with Gasteiger partial charge < -0.3 is 10.2 Å². The van der Waals surface area contributed by atoms with E-state index in [2.05, 4.69) is 0 Å². The van der Waals surface area contributed by atoms with Crippen LogP contribution in [-0.4, -0.2) is 65.0 Å². The minimum absolute atomic E-state index is 0.0281. The molecule has 7 nitrogen and oxygen atoms in total. The minimum Gasteiger partial charge on any atom is -0.481 e. The molecule has 2 aliphatic rings. The molecule has 116 valence electrons. The normalized spacial score (nSPS) is 28.0. The molecule has 8 heteroatoms. The van der Waals surface area contributed by atoms with Crippen LogP contribution in [0.4, 0.5) is 0 Å². The Morgan fingerprint density at radius 3 is 2.55 bits per heavy atom. The van der Waals surface area contributed by atoms with Crippen molar-refractivity contribution in [3.05, 3.63) is 0 Å². The molecule has 20 heavy (non-hydrogen) atoms. The maximum absolute atomic E-state index is 12.4. The first-order valence-corrected chi connectivity index (χ1v) is 8.38. The summed E-state index contributed by atoms with van der Waals surface area (Å²) in [5, 5.41) is 19.1. The van der Waals surface area contributed by atoms with Crippen LogP contribution < -0.4 is 0 Å². The number of piperidine rings is 1. The number of nitrogens with zero attached hydrogens (tertiary/aromatic N) is 2. The zero-order valence-corrected chi connectivity index (χ0v) is 12.5. The molecule has 0 aromatic rings.